The second-order valence-corrected chi connectivity index (χ2v) is 10.0. The molecule has 1 atom stereocenters. The highest BCUT2D eigenvalue weighted by molar-refractivity contribution is 5.97. The average Bonchev–Trinajstić information content (AvgIpc) is 3.46. The molecule has 0 bridgehead atoms. The number of rotatable bonds is 8. The molecule has 43 heavy (non-hydrogen) atoms. The Morgan fingerprint density at radius 1 is 0.953 bits per heavy atom. The summed E-state index contributed by atoms with van der Waals surface area (Å²) < 4.78 is 40.4. The molecule has 228 valence electrons. The monoisotopic (exact) mass is 598 g/mol. The van der Waals surface area contributed by atoms with Crippen LogP contribution in [0.4, 0.5) is 19.0 Å². The second kappa shape index (κ2) is 13.7. The first-order valence-corrected chi connectivity index (χ1v) is 13.2. The van der Waals surface area contributed by atoms with E-state index in [0.717, 1.165) is 23.0 Å². The van der Waals surface area contributed by atoms with Gasteiger partial charge in [0.25, 0.3) is 5.91 Å². The van der Waals surface area contributed by atoms with Gasteiger partial charge in [-0.05, 0) is 74.2 Å². The lowest BCUT2D eigenvalue weighted by atomic mass is 9.99. The zero-order valence-corrected chi connectivity index (χ0v) is 24.0. The smallest absolute Gasteiger partial charge is 0.416 e. The molecular weight excluding hydrogens is 565 g/mol. The minimum Gasteiger partial charge on any atom is -0.477 e. The number of amides is 2. The molecule has 10 nitrogen and oxygen atoms in total. The lowest BCUT2D eigenvalue weighted by Crippen LogP contribution is -2.48. The number of nitrogens with one attached hydrogen (secondary N) is 4. The van der Waals surface area contributed by atoms with Crippen molar-refractivity contribution in [3.8, 4) is 0 Å². The number of pyridine rings is 1. The van der Waals surface area contributed by atoms with Crippen molar-refractivity contribution in [2.24, 2.45) is 0 Å². The van der Waals surface area contributed by atoms with Crippen LogP contribution in [0.2, 0.25) is 0 Å². The van der Waals surface area contributed by atoms with Gasteiger partial charge in [0.15, 0.2) is 0 Å². The molecule has 3 heterocycles. The summed E-state index contributed by atoms with van der Waals surface area (Å²) in [6, 6.07) is 10.5. The zero-order chi connectivity index (χ0) is 31.9. The summed E-state index contributed by atoms with van der Waals surface area (Å²) >= 11 is 0. The highest BCUT2D eigenvalue weighted by Crippen LogP contribution is 2.32. The molecule has 0 spiro atoms. The van der Waals surface area contributed by atoms with Gasteiger partial charge in [0, 0.05) is 30.6 Å². The number of nitrogens with two attached hydrogens (primary N) is 1. The van der Waals surface area contributed by atoms with Crippen molar-refractivity contribution in [1.29, 1.82) is 0 Å². The number of aromatic amines is 2. The lowest BCUT2D eigenvalue weighted by molar-refractivity contribution is -0.138. The Morgan fingerprint density at radius 2 is 1.56 bits per heavy atom. The maximum atomic E-state index is 13.5. The maximum absolute atomic E-state index is 13.5. The third-order valence-corrected chi connectivity index (χ3v) is 6.42. The molecule has 0 unspecified atom stereocenters. The quantitative estimate of drug-likeness (QED) is 0.173. The van der Waals surface area contributed by atoms with Gasteiger partial charge in [0.05, 0.1) is 5.56 Å². The maximum Gasteiger partial charge on any atom is 0.416 e. The molecule has 3 aromatic heterocycles. The van der Waals surface area contributed by atoms with E-state index in [0.29, 0.717) is 16.9 Å². The van der Waals surface area contributed by atoms with E-state index in [1.165, 1.54) is 24.4 Å². The van der Waals surface area contributed by atoms with Crippen molar-refractivity contribution in [2.75, 3.05) is 5.73 Å². The van der Waals surface area contributed by atoms with E-state index in [1.54, 1.807) is 39.0 Å². The molecular formula is C30H33F3N6O4. The van der Waals surface area contributed by atoms with Crippen molar-refractivity contribution >= 4 is 23.6 Å². The number of aromatic carboxylic acids is 1. The third-order valence-electron chi connectivity index (χ3n) is 6.42. The minimum atomic E-state index is -4.59. The summed E-state index contributed by atoms with van der Waals surface area (Å²) in [6.45, 7) is 7.17. The standard InChI is InChI=1S/C23H24F3N5O2.C7H9NO2/c1-13-9-14(2)30-20(13)22(33)31-18(10-16-5-3-4-6-17(16)23(24,25)26)21(32)29-12-15-7-8-19(27)28-11-15;1-4-3-5(2)8-6(4)7(9)10/h3-9,11,18,30H,10,12H2,1-2H3,(H2,27,28)(H,29,32)(H,31,33);3,8H,1-2H3,(H,9,10)/t18-;/m0./s1. The molecule has 0 aliphatic rings. The van der Waals surface area contributed by atoms with Crippen molar-refractivity contribution in [3.05, 3.63) is 105 Å². The Bertz CT molecular complexity index is 1590. The Kier molecular flexibility index (Phi) is 10.4. The number of aromatic nitrogens is 3. The van der Waals surface area contributed by atoms with Gasteiger partial charge in [0.2, 0.25) is 5.91 Å². The largest absolute Gasteiger partial charge is 0.477 e. The van der Waals surface area contributed by atoms with Gasteiger partial charge < -0.3 is 31.4 Å². The summed E-state index contributed by atoms with van der Waals surface area (Å²) in [5.74, 6) is -1.79. The first-order valence-electron chi connectivity index (χ1n) is 13.2. The normalized spacial score (nSPS) is 11.7. The topological polar surface area (TPSA) is 166 Å². The van der Waals surface area contributed by atoms with E-state index in [4.69, 9.17) is 10.8 Å². The summed E-state index contributed by atoms with van der Waals surface area (Å²) in [5, 5.41) is 13.8. The molecule has 2 amide bonds. The summed E-state index contributed by atoms with van der Waals surface area (Å²) in [5.41, 5.74) is 8.85. The van der Waals surface area contributed by atoms with Gasteiger partial charge in [-0.3, -0.25) is 9.59 Å². The van der Waals surface area contributed by atoms with E-state index in [2.05, 4.69) is 25.6 Å². The van der Waals surface area contributed by atoms with Crippen LogP contribution in [0, 0.1) is 27.7 Å². The number of carbonyl (C=O) groups excluding carboxylic acids is 2. The molecule has 1 aromatic carbocycles. The highest BCUT2D eigenvalue weighted by Gasteiger charge is 2.34. The first kappa shape index (κ1) is 32.4. The number of H-pyrrole nitrogens is 2. The average molecular weight is 599 g/mol. The number of halogens is 3. The van der Waals surface area contributed by atoms with E-state index in [1.807, 2.05) is 13.0 Å². The number of anilines is 1. The van der Waals surface area contributed by atoms with Gasteiger partial charge in [0.1, 0.15) is 23.2 Å². The van der Waals surface area contributed by atoms with Crippen molar-refractivity contribution in [1.82, 2.24) is 25.6 Å². The Hall–Kier alpha value is -5.07. The molecule has 0 saturated heterocycles. The molecule has 0 saturated carbocycles. The fourth-order valence-electron chi connectivity index (χ4n) is 4.40. The number of nitrogen functional groups attached to an aromatic ring is 1. The number of nitrogens with zero attached hydrogens (tertiary/aromatic N) is 1. The van der Waals surface area contributed by atoms with Crippen molar-refractivity contribution in [3.63, 3.8) is 0 Å². The number of carboxylic acids is 1. The predicted molar refractivity (Wildman–Crippen MR) is 154 cm³/mol. The van der Waals surface area contributed by atoms with E-state index >= 15 is 0 Å². The molecule has 0 aliphatic carbocycles. The summed E-state index contributed by atoms with van der Waals surface area (Å²) in [6.07, 6.45) is -3.45. The van der Waals surface area contributed by atoms with Gasteiger partial charge in [-0.15, -0.1) is 0 Å². The van der Waals surface area contributed by atoms with Gasteiger partial charge in [-0.1, -0.05) is 24.3 Å². The first-order chi connectivity index (χ1) is 20.1. The highest BCUT2D eigenvalue weighted by atomic mass is 19.4. The Morgan fingerprint density at radius 3 is 2.05 bits per heavy atom. The van der Waals surface area contributed by atoms with Crippen LogP contribution in [-0.4, -0.2) is 43.9 Å². The molecule has 0 fully saturated rings. The van der Waals surface area contributed by atoms with Gasteiger partial charge >= 0.3 is 12.1 Å². The Balaban J connectivity index is 0.000000428. The van der Waals surface area contributed by atoms with Crippen LogP contribution in [-0.2, 0) is 23.9 Å². The predicted octanol–water partition coefficient (Wildman–Crippen LogP) is 4.61. The Labute approximate surface area is 245 Å². The lowest BCUT2D eigenvalue weighted by Gasteiger charge is -2.21. The number of alkyl halides is 3. The van der Waals surface area contributed by atoms with Crippen molar-refractivity contribution < 1.29 is 32.7 Å². The van der Waals surface area contributed by atoms with Crippen LogP contribution < -0.4 is 16.4 Å². The number of hydrogen-bond donors (Lipinski definition) is 6. The van der Waals surface area contributed by atoms with E-state index in [9.17, 15) is 27.6 Å². The molecule has 13 heteroatoms. The molecule has 0 aliphatic heterocycles. The van der Waals surface area contributed by atoms with Crippen LogP contribution in [0.1, 0.15) is 60.2 Å². The zero-order valence-electron chi connectivity index (χ0n) is 24.0. The third kappa shape index (κ3) is 8.96. The summed E-state index contributed by atoms with van der Waals surface area (Å²) in [4.78, 5) is 45.7. The van der Waals surface area contributed by atoms with E-state index < -0.39 is 35.6 Å². The van der Waals surface area contributed by atoms with Crippen LogP contribution in [0.15, 0.2) is 54.7 Å². The second-order valence-electron chi connectivity index (χ2n) is 10.0. The molecule has 0 radical (unpaired) electrons. The van der Waals surface area contributed by atoms with Crippen LogP contribution in [0.5, 0.6) is 0 Å². The number of hydrogen-bond acceptors (Lipinski definition) is 5. The molecule has 4 aromatic rings. The van der Waals surface area contributed by atoms with E-state index in [-0.39, 0.29) is 29.9 Å². The number of benzene rings is 1. The molecule has 4 rings (SSSR count). The van der Waals surface area contributed by atoms with Crippen molar-refractivity contribution in [2.45, 2.75) is 52.9 Å². The summed E-state index contributed by atoms with van der Waals surface area (Å²) in [7, 11) is 0. The van der Waals surface area contributed by atoms with Crippen LogP contribution in [0.3, 0.4) is 0 Å². The fraction of sp³-hybridized carbons (Fsp3) is 0.267. The van der Waals surface area contributed by atoms with Gasteiger partial charge in [-0.2, -0.15) is 13.2 Å². The fourth-order valence-corrected chi connectivity index (χ4v) is 4.40. The molecule has 7 N–H and O–H groups in total. The van der Waals surface area contributed by atoms with Crippen LogP contribution >= 0.6 is 0 Å². The minimum absolute atomic E-state index is 0.0695. The number of carboxylic acid groups (broad SMARTS) is 1. The number of aryl methyl sites for hydroxylation is 4. The SMILES string of the molecule is Cc1cc(C)c(C(=O)N[C@@H](Cc2ccccc2C(F)(F)F)C(=O)NCc2ccc(N)nc2)[nH]1.Cc1cc(C)c(C(=O)O)[nH]1. The number of carbonyl (C=O) groups is 3. The van der Waals surface area contributed by atoms with Gasteiger partial charge in [-0.25, -0.2) is 9.78 Å². The van der Waals surface area contributed by atoms with Crippen LogP contribution in [0.25, 0.3) is 0 Å².